The molecule has 8 heteroatoms. The molecule has 0 saturated carbocycles. The highest BCUT2D eigenvalue weighted by Crippen LogP contribution is 2.31. The second kappa shape index (κ2) is 12.8. The molecule has 2 N–H and O–H groups in total. The summed E-state index contributed by atoms with van der Waals surface area (Å²) in [6.45, 7) is 5.15. The van der Waals surface area contributed by atoms with E-state index in [0.29, 0.717) is 41.2 Å². The van der Waals surface area contributed by atoms with Crippen molar-refractivity contribution in [2.45, 2.75) is 52.5 Å². The summed E-state index contributed by atoms with van der Waals surface area (Å²) in [5.41, 5.74) is 2.93. The number of aryl methyl sites for hydroxylation is 1. The van der Waals surface area contributed by atoms with Crippen LogP contribution < -0.4 is 10.2 Å². The number of aliphatic hydroxyl groups excluding tert-OH is 1. The van der Waals surface area contributed by atoms with E-state index >= 15 is 0 Å². The van der Waals surface area contributed by atoms with Crippen LogP contribution in [0.15, 0.2) is 77.9 Å². The summed E-state index contributed by atoms with van der Waals surface area (Å²) in [5, 5.41) is 13.0. The third-order valence-corrected chi connectivity index (χ3v) is 7.32. The van der Waals surface area contributed by atoms with Gasteiger partial charge < -0.3 is 15.3 Å². The second-order valence-electron chi connectivity index (χ2n) is 10.3. The molecule has 8 nitrogen and oxygen atoms in total. The number of pyridine rings is 1. The first-order valence-corrected chi connectivity index (χ1v) is 13.7. The lowest BCUT2D eigenvalue weighted by molar-refractivity contribution is -0.131. The third kappa shape index (κ3) is 6.34. The molecule has 0 spiro atoms. The molecule has 2 aromatic carbocycles. The summed E-state index contributed by atoms with van der Waals surface area (Å²) >= 11 is 0. The van der Waals surface area contributed by atoms with Gasteiger partial charge in [0, 0.05) is 17.4 Å². The Kier molecular flexibility index (Phi) is 9.22. The van der Waals surface area contributed by atoms with Gasteiger partial charge in [0.2, 0.25) is 5.91 Å². The average Bonchev–Trinajstić information content (AvgIpc) is 3.08. The Hall–Kier alpha value is -4.17. The van der Waals surface area contributed by atoms with Crippen molar-refractivity contribution in [3.63, 3.8) is 0 Å². The maximum atomic E-state index is 14.1. The van der Waals surface area contributed by atoms with Gasteiger partial charge in [-0.1, -0.05) is 63.6 Å². The van der Waals surface area contributed by atoms with E-state index in [1.54, 1.807) is 43.5 Å². The number of nitrogens with zero attached hydrogens (tertiary/aromatic N) is 3. The number of aromatic nitrogens is 1. The van der Waals surface area contributed by atoms with Crippen LogP contribution in [0.1, 0.15) is 56.9 Å². The highest BCUT2D eigenvalue weighted by molar-refractivity contribution is 6.20. The Balaban J connectivity index is 1.74. The lowest BCUT2D eigenvalue weighted by Crippen LogP contribution is -2.46. The molecule has 0 bridgehead atoms. The number of nitrogens with one attached hydrogen (secondary N) is 1. The first kappa shape index (κ1) is 28.8. The molecule has 4 rings (SSSR count). The normalized spacial score (nSPS) is 16.4. The SMILES string of the molecule is CCCC(C)(CO)C(=O)CN1C(=O)C(CC(=O)Nc2cccc(CC)c2)N=C(c2ccccn2)c2ccccc21. The predicted molar refractivity (Wildman–Crippen MR) is 157 cm³/mol. The summed E-state index contributed by atoms with van der Waals surface area (Å²) in [5.74, 6) is -1.07. The van der Waals surface area contributed by atoms with Gasteiger partial charge in [0.15, 0.2) is 5.78 Å². The van der Waals surface area contributed by atoms with Gasteiger partial charge in [0.1, 0.15) is 6.04 Å². The Labute approximate surface area is 235 Å². The highest BCUT2D eigenvalue weighted by Gasteiger charge is 2.38. The summed E-state index contributed by atoms with van der Waals surface area (Å²) in [7, 11) is 0. The van der Waals surface area contributed by atoms with Crippen LogP contribution in [0.25, 0.3) is 0 Å². The molecule has 208 valence electrons. The monoisotopic (exact) mass is 540 g/mol. The van der Waals surface area contributed by atoms with Gasteiger partial charge in [-0.3, -0.25) is 24.4 Å². The number of hydrogen-bond acceptors (Lipinski definition) is 6. The van der Waals surface area contributed by atoms with E-state index in [2.05, 4.69) is 10.3 Å². The minimum absolute atomic E-state index is 0.212. The Morgan fingerprint density at radius 3 is 2.52 bits per heavy atom. The number of para-hydroxylation sites is 1. The molecule has 0 aliphatic carbocycles. The number of hydrogen-bond donors (Lipinski definition) is 2. The van der Waals surface area contributed by atoms with Crippen molar-refractivity contribution in [3.8, 4) is 0 Å². The molecule has 40 heavy (non-hydrogen) atoms. The molecular weight excluding hydrogens is 504 g/mol. The first-order chi connectivity index (χ1) is 19.3. The molecule has 2 heterocycles. The smallest absolute Gasteiger partial charge is 0.252 e. The minimum Gasteiger partial charge on any atom is -0.395 e. The zero-order valence-electron chi connectivity index (χ0n) is 23.3. The van der Waals surface area contributed by atoms with E-state index < -0.39 is 17.4 Å². The summed E-state index contributed by atoms with van der Waals surface area (Å²) < 4.78 is 0. The topological polar surface area (TPSA) is 112 Å². The van der Waals surface area contributed by atoms with Crippen LogP contribution in [0.2, 0.25) is 0 Å². The number of aliphatic hydroxyl groups is 1. The maximum absolute atomic E-state index is 14.1. The number of carbonyl (C=O) groups excluding carboxylic acids is 3. The molecule has 0 fully saturated rings. The van der Waals surface area contributed by atoms with E-state index in [-0.39, 0.29) is 31.3 Å². The number of fused-ring (bicyclic) bond motifs is 1. The van der Waals surface area contributed by atoms with Crippen molar-refractivity contribution >= 4 is 34.7 Å². The van der Waals surface area contributed by atoms with E-state index in [0.717, 1.165) is 12.0 Å². The second-order valence-corrected chi connectivity index (χ2v) is 10.3. The van der Waals surface area contributed by atoms with Crippen molar-refractivity contribution in [1.29, 1.82) is 0 Å². The number of anilines is 2. The summed E-state index contributed by atoms with van der Waals surface area (Å²) in [4.78, 5) is 51.5. The molecule has 2 amide bonds. The van der Waals surface area contributed by atoms with Gasteiger partial charge in [-0.05, 0) is 48.7 Å². The number of benzodiazepines with no additional fused rings is 1. The summed E-state index contributed by atoms with van der Waals surface area (Å²) in [6, 6.07) is 19.2. The number of amides is 2. The van der Waals surface area contributed by atoms with Gasteiger partial charge >= 0.3 is 0 Å². The van der Waals surface area contributed by atoms with Crippen LogP contribution in [0.5, 0.6) is 0 Å². The largest absolute Gasteiger partial charge is 0.395 e. The predicted octanol–water partition coefficient (Wildman–Crippen LogP) is 4.59. The van der Waals surface area contributed by atoms with Gasteiger partial charge in [-0.2, -0.15) is 0 Å². The molecule has 3 aromatic rings. The molecule has 1 aliphatic rings. The molecule has 1 aliphatic heterocycles. The van der Waals surface area contributed by atoms with Gasteiger partial charge in [-0.15, -0.1) is 0 Å². The number of Topliss-reactive ketones (excluding diaryl/α,β-unsaturated/α-hetero) is 1. The highest BCUT2D eigenvalue weighted by atomic mass is 16.3. The van der Waals surface area contributed by atoms with Gasteiger partial charge in [0.25, 0.3) is 5.91 Å². The quantitative estimate of drug-likeness (QED) is 0.369. The Bertz CT molecular complexity index is 1400. The molecule has 0 radical (unpaired) electrons. The fourth-order valence-corrected chi connectivity index (χ4v) is 4.94. The minimum atomic E-state index is -1.09. The molecule has 2 unspecified atom stereocenters. The van der Waals surface area contributed by atoms with Crippen molar-refractivity contribution in [2.24, 2.45) is 10.4 Å². The molecular formula is C32H36N4O4. The number of carbonyl (C=O) groups is 3. The first-order valence-electron chi connectivity index (χ1n) is 13.7. The Morgan fingerprint density at radius 2 is 1.82 bits per heavy atom. The number of ketones is 1. The summed E-state index contributed by atoms with van der Waals surface area (Å²) in [6.07, 6.45) is 3.46. The number of aliphatic imine (C=N–C) groups is 1. The lowest BCUT2D eigenvalue weighted by atomic mass is 9.81. The van der Waals surface area contributed by atoms with Gasteiger partial charge in [-0.25, -0.2) is 0 Å². The van der Waals surface area contributed by atoms with Crippen LogP contribution in [0.4, 0.5) is 11.4 Å². The van der Waals surface area contributed by atoms with E-state index in [4.69, 9.17) is 4.99 Å². The van der Waals surface area contributed by atoms with Crippen molar-refractivity contribution in [1.82, 2.24) is 4.98 Å². The number of benzene rings is 2. The van der Waals surface area contributed by atoms with Crippen LogP contribution >= 0.6 is 0 Å². The standard InChI is InChI=1S/C32H36N4O4/c1-4-16-32(3,21-37)28(38)20-36-27-15-7-6-13-24(27)30(25-14-8-9-17-33-25)35-26(31(36)40)19-29(39)34-23-12-10-11-22(5-2)18-23/h6-15,17-18,26,37H,4-5,16,19-21H2,1-3H3,(H,34,39). The van der Waals surface area contributed by atoms with E-state index in [9.17, 15) is 19.5 Å². The van der Waals surface area contributed by atoms with Crippen LogP contribution in [-0.2, 0) is 20.8 Å². The zero-order valence-corrected chi connectivity index (χ0v) is 23.3. The van der Waals surface area contributed by atoms with Crippen LogP contribution in [0, 0.1) is 5.41 Å². The van der Waals surface area contributed by atoms with E-state index in [1.807, 2.05) is 50.2 Å². The van der Waals surface area contributed by atoms with Crippen molar-refractivity contribution in [3.05, 3.63) is 89.7 Å². The third-order valence-electron chi connectivity index (χ3n) is 7.32. The van der Waals surface area contributed by atoms with Crippen molar-refractivity contribution in [2.75, 3.05) is 23.4 Å². The number of rotatable bonds is 11. The molecule has 1 aromatic heterocycles. The average molecular weight is 541 g/mol. The lowest BCUT2D eigenvalue weighted by Gasteiger charge is -2.30. The van der Waals surface area contributed by atoms with Crippen LogP contribution in [-0.4, -0.2) is 52.6 Å². The Morgan fingerprint density at radius 1 is 1.05 bits per heavy atom. The zero-order chi connectivity index (χ0) is 28.7. The fraction of sp³-hybridized carbons (Fsp3) is 0.344. The van der Waals surface area contributed by atoms with Crippen LogP contribution in [0.3, 0.4) is 0 Å². The maximum Gasteiger partial charge on any atom is 0.252 e. The fourth-order valence-electron chi connectivity index (χ4n) is 4.94. The molecule has 2 atom stereocenters. The molecule has 0 saturated heterocycles. The van der Waals surface area contributed by atoms with Gasteiger partial charge in [0.05, 0.1) is 42.1 Å². The van der Waals surface area contributed by atoms with E-state index in [1.165, 1.54) is 4.90 Å². The van der Waals surface area contributed by atoms with Crippen molar-refractivity contribution < 1.29 is 19.5 Å².